The summed E-state index contributed by atoms with van der Waals surface area (Å²) in [5, 5.41) is 3.40. The largest absolute Gasteiger partial charge is 0.384 e. The van der Waals surface area contributed by atoms with Gasteiger partial charge in [-0.05, 0) is 19.9 Å². The zero-order valence-corrected chi connectivity index (χ0v) is 13.9. The van der Waals surface area contributed by atoms with Crippen molar-refractivity contribution < 1.29 is 4.74 Å². The average Bonchev–Trinajstić information content (AvgIpc) is 2.41. The molecule has 0 bridgehead atoms. The van der Waals surface area contributed by atoms with Gasteiger partial charge in [0.05, 0.1) is 6.61 Å². The maximum Gasteiger partial charge on any atom is 0.0530 e. The van der Waals surface area contributed by atoms with E-state index in [1.807, 2.05) is 7.11 Å². The zero-order valence-electron chi connectivity index (χ0n) is 13.9. The first-order valence-corrected chi connectivity index (χ1v) is 8.38. The number of hydrogen-bond donors (Lipinski definition) is 1. The predicted molar refractivity (Wildman–Crippen MR) is 85.8 cm³/mol. The number of rotatable bonds is 14. The normalized spacial score (nSPS) is 12.0. The standard InChI is InChI=1S/C17H37NO/c1-5-7-9-11-13-17(15-18-3,16-19-4)14-12-10-8-6-2/h18H,5-16H2,1-4H3. The van der Waals surface area contributed by atoms with E-state index < -0.39 is 0 Å². The minimum atomic E-state index is 0.366. The molecule has 0 aliphatic rings. The van der Waals surface area contributed by atoms with E-state index in [-0.39, 0.29) is 0 Å². The van der Waals surface area contributed by atoms with Gasteiger partial charge < -0.3 is 10.1 Å². The van der Waals surface area contributed by atoms with E-state index >= 15 is 0 Å². The fraction of sp³-hybridized carbons (Fsp3) is 1.00. The molecule has 2 nitrogen and oxygen atoms in total. The van der Waals surface area contributed by atoms with Crippen LogP contribution in [0.4, 0.5) is 0 Å². The molecule has 2 heteroatoms. The van der Waals surface area contributed by atoms with Crippen molar-refractivity contribution in [1.29, 1.82) is 0 Å². The Morgan fingerprint density at radius 2 is 1.37 bits per heavy atom. The van der Waals surface area contributed by atoms with E-state index in [2.05, 4.69) is 26.2 Å². The Morgan fingerprint density at radius 3 is 1.74 bits per heavy atom. The van der Waals surface area contributed by atoms with Gasteiger partial charge in [-0.3, -0.25) is 0 Å². The molecule has 0 aliphatic heterocycles. The smallest absolute Gasteiger partial charge is 0.0530 e. The Balaban J connectivity index is 4.22. The quantitative estimate of drug-likeness (QED) is 0.459. The highest BCUT2D eigenvalue weighted by Crippen LogP contribution is 2.31. The fourth-order valence-electron chi connectivity index (χ4n) is 3.03. The van der Waals surface area contributed by atoms with Gasteiger partial charge in [-0.2, -0.15) is 0 Å². The molecular formula is C17H37NO. The summed E-state index contributed by atoms with van der Waals surface area (Å²) in [6.07, 6.45) is 13.5. The van der Waals surface area contributed by atoms with Crippen LogP contribution < -0.4 is 5.32 Å². The summed E-state index contributed by atoms with van der Waals surface area (Å²) in [7, 11) is 3.92. The molecule has 116 valence electrons. The topological polar surface area (TPSA) is 21.3 Å². The molecule has 0 saturated heterocycles. The van der Waals surface area contributed by atoms with Gasteiger partial charge in [0.15, 0.2) is 0 Å². The molecule has 0 aliphatic carbocycles. The van der Waals surface area contributed by atoms with Crippen molar-refractivity contribution >= 4 is 0 Å². The van der Waals surface area contributed by atoms with Crippen molar-refractivity contribution in [3.63, 3.8) is 0 Å². The third-order valence-electron chi connectivity index (χ3n) is 4.12. The van der Waals surface area contributed by atoms with Crippen LogP contribution in [-0.2, 0) is 4.74 Å². The van der Waals surface area contributed by atoms with Crippen LogP contribution in [0.2, 0.25) is 0 Å². The van der Waals surface area contributed by atoms with E-state index in [4.69, 9.17) is 4.74 Å². The van der Waals surface area contributed by atoms with E-state index in [1.54, 1.807) is 0 Å². The second-order valence-corrected chi connectivity index (χ2v) is 6.08. The number of hydrogen-bond acceptors (Lipinski definition) is 2. The third-order valence-corrected chi connectivity index (χ3v) is 4.12. The predicted octanol–water partition coefficient (Wildman–Crippen LogP) is 4.78. The minimum Gasteiger partial charge on any atom is -0.384 e. The molecule has 0 aromatic carbocycles. The lowest BCUT2D eigenvalue weighted by atomic mass is 9.78. The molecule has 0 fully saturated rings. The number of ether oxygens (including phenoxy) is 1. The number of methoxy groups -OCH3 is 1. The monoisotopic (exact) mass is 271 g/mol. The van der Waals surface area contributed by atoms with Crippen molar-refractivity contribution in [2.45, 2.75) is 78.1 Å². The summed E-state index contributed by atoms with van der Waals surface area (Å²) >= 11 is 0. The number of unbranched alkanes of at least 4 members (excludes halogenated alkanes) is 6. The molecule has 0 heterocycles. The highest BCUT2D eigenvalue weighted by molar-refractivity contribution is 4.81. The van der Waals surface area contributed by atoms with Crippen molar-refractivity contribution in [1.82, 2.24) is 5.32 Å². The molecule has 0 radical (unpaired) electrons. The van der Waals surface area contributed by atoms with Gasteiger partial charge in [-0.15, -0.1) is 0 Å². The van der Waals surface area contributed by atoms with Crippen LogP contribution in [0.5, 0.6) is 0 Å². The lowest BCUT2D eigenvalue weighted by Crippen LogP contribution is -2.36. The van der Waals surface area contributed by atoms with Crippen LogP contribution in [-0.4, -0.2) is 27.3 Å². The molecular weight excluding hydrogens is 234 g/mol. The summed E-state index contributed by atoms with van der Waals surface area (Å²) in [5.74, 6) is 0. The maximum atomic E-state index is 5.53. The minimum absolute atomic E-state index is 0.366. The molecule has 0 atom stereocenters. The first-order valence-electron chi connectivity index (χ1n) is 8.38. The summed E-state index contributed by atoms with van der Waals surface area (Å²) in [4.78, 5) is 0. The number of nitrogens with one attached hydrogen (secondary N) is 1. The van der Waals surface area contributed by atoms with Crippen LogP contribution in [0.1, 0.15) is 78.1 Å². The highest BCUT2D eigenvalue weighted by atomic mass is 16.5. The first kappa shape index (κ1) is 18.9. The van der Waals surface area contributed by atoms with Crippen LogP contribution in [0.3, 0.4) is 0 Å². The van der Waals surface area contributed by atoms with E-state index in [9.17, 15) is 0 Å². The van der Waals surface area contributed by atoms with E-state index in [0.717, 1.165) is 13.2 Å². The third kappa shape index (κ3) is 9.45. The SMILES string of the molecule is CCCCCCC(CCCCCC)(CNC)COC. The molecule has 0 amide bonds. The van der Waals surface area contributed by atoms with Gasteiger partial charge in [0.2, 0.25) is 0 Å². The van der Waals surface area contributed by atoms with Crippen molar-refractivity contribution in [3.8, 4) is 0 Å². The summed E-state index contributed by atoms with van der Waals surface area (Å²) in [6, 6.07) is 0. The fourth-order valence-corrected chi connectivity index (χ4v) is 3.03. The Bertz CT molecular complexity index is 162. The summed E-state index contributed by atoms with van der Waals surface area (Å²) in [5.41, 5.74) is 0.366. The Labute approximate surface area is 121 Å². The highest BCUT2D eigenvalue weighted by Gasteiger charge is 2.28. The second kappa shape index (κ2) is 12.9. The second-order valence-electron chi connectivity index (χ2n) is 6.08. The molecule has 0 rings (SSSR count). The average molecular weight is 271 g/mol. The molecule has 19 heavy (non-hydrogen) atoms. The van der Waals surface area contributed by atoms with Gasteiger partial charge in [-0.25, -0.2) is 0 Å². The molecule has 0 unspecified atom stereocenters. The van der Waals surface area contributed by atoms with Gasteiger partial charge in [-0.1, -0.05) is 65.2 Å². The molecule has 1 N–H and O–H groups in total. The zero-order chi connectivity index (χ0) is 14.4. The van der Waals surface area contributed by atoms with Crippen LogP contribution in [0.25, 0.3) is 0 Å². The van der Waals surface area contributed by atoms with Gasteiger partial charge >= 0.3 is 0 Å². The van der Waals surface area contributed by atoms with Crippen LogP contribution >= 0.6 is 0 Å². The first-order chi connectivity index (χ1) is 9.24. The summed E-state index contributed by atoms with van der Waals surface area (Å²) in [6.45, 7) is 6.56. The lowest BCUT2D eigenvalue weighted by Gasteiger charge is -2.33. The molecule has 0 saturated carbocycles. The van der Waals surface area contributed by atoms with Crippen molar-refractivity contribution in [2.24, 2.45) is 5.41 Å². The molecule has 0 aromatic heterocycles. The Morgan fingerprint density at radius 1 is 0.842 bits per heavy atom. The molecule has 0 aromatic rings. The summed E-state index contributed by atoms with van der Waals surface area (Å²) < 4.78 is 5.53. The Kier molecular flexibility index (Phi) is 12.9. The van der Waals surface area contributed by atoms with Crippen molar-refractivity contribution in [2.75, 3.05) is 27.3 Å². The van der Waals surface area contributed by atoms with E-state index in [1.165, 1.54) is 64.2 Å². The lowest BCUT2D eigenvalue weighted by molar-refractivity contribution is 0.0613. The molecule has 0 spiro atoms. The van der Waals surface area contributed by atoms with Crippen LogP contribution in [0, 0.1) is 5.41 Å². The van der Waals surface area contributed by atoms with Gasteiger partial charge in [0.25, 0.3) is 0 Å². The van der Waals surface area contributed by atoms with Gasteiger partial charge in [0.1, 0.15) is 0 Å². The van der Waals surface area contributed by atoms with E-state index in [0.29, 0.717) is 5.41 Å². The maximum absolute atomic E-state index is 5.53. The van der Waals surface area contributed by atoms with Crippen molar-refractivity contribution in [3.05, 3.63) is 0 Å². The Hall–Kier alpha value is -0.0800. The van der Waals surface area contributed by atoms with Gasteiger partial charge in [0, 0.05) is 19.1 Å². The van der Waals surface area contributed by atoms with Crippen LogP contribution in [0.15, 0.2) is 0 Å².